The Kier molecular flexibility index (Phi) is 7.97. The lowest BCUT2D eigenvalue weighted by atomic mass is 10.1. The molecule has 6 nitrogen and oxygen atoms in total. The van der Waals surface area contributed by atoms with Crippen LogP contribution in [-0.2, 0) is 16.1 Å². The van der Waals surface area contributed by atoms with E-state index in [1.165, 1.54) is 15.4 Å². The van der Waals surface area contributed by atoms with Gasteiger partial charge in [-0.15, -0.1) is 11.8 Å². The molecule has 0 saturated carbocycles. The summed E-state index contributed by atoms with van der Waals surface area (Å²) in [4.78, 5) is 33.0. The third-order valence-electron chi connectivity index (χ3n) is 4.24. The van der Waals surface area contributed by atoms with Gasteiger partial charge in [0, 0.05) is 44.4 Å². The standard InChI is InChI=1S/C19H28N4O2S/c1-4-20-19(21-12-13-23-17(24)6-5-7-18(23)25)22(2)14-15-8-10-16(26-3)11-9-15/h8-11H,4-7,12-14H2,1-3H3,(H,20,21). The number of hydrogen-bond donors (Lipinski definition) is 1. The molecule has 0 aromatic heterocycles. The second-order valence-corrected chi connectivity index (χ2v) is 7.11. The van der Waals surface area contributed by atoms with Crippen LogP contribution in [-0.4, -0.2) is 60.5 Å². The first-order valence-corrected chi connectivity index (χ1v) is 10.2. The van der Waals surface area contributed by atoms with Crippen molar-refractivity contribution in [2.24, 2.45) is 4.99 Å². The highest BCUT2D eigenvalue weighted by Crippen LogP contribution is 2.15. The Labute approximate surface area is 160 Å². The van der Waals surface area contributed by atoms with E-state index in [2.05, 4.69) is 45.7 Å². The van der Waals surface area contributed by atoms with Crippen molar-refractivity contribution in [2.45, 2.75) is 37.6 Å². The predicted molar refractivity (Wildman–Crippen MR) is 106 cm³/mol. The molecule has 142 valence electrons. The van der Waals surface area contributed by atoms with Crippen LogP contribution in [0.5, 0.6) is 0 Å². The fourth-order valence-corrected chi connectivity index (χ4v) is 3.26. The number of hydrogen-bond acceptors (Lipinski definition) is 4. The zero-order chi connectivity index (χ0) is 18.9. The van der Waals surface area contributed by atoms with Crippen molar-refractivity contribution in [2.75, 3.05) is 32.9 Å². The van der Waals surface area contributed by atoms with Crippen LogP contribution < -0.4 is 5.32 Å². The number of likely N-dealkylation sites (tertiary alicyclic amines) is 1. The number of amides is 2. The molecule has 0 spiro atoms. The second kappa shape index (κ2) is 10.2. The summed E-state index contributed by atoms with van der Waals surface area (Å²) in [6.07, 6.45) is 3.65. The van der Waals surface area contributed by atoms with Gasteiger partial charge in [-0.25, -0.2) is 0 Å². The molecule has 1 aromatic carbocycles. The van der Waals surface area contributed by atoms with Gasteiger partial charge < -0.3 is 10.2 Å². The fourth-order valence-electron chi connectivity index (χ4n) is 2.85. The highest BCUT2D eigenvalue weighted by atomic mass is 32.2. The van der Waals surface area contributed by atoms with E-state index < -0.39 is 0 Å². The number of imide groups is 1. The lowest BCUT2D eigenvalue weighted by molar-refractivity contribution is -0.147. The van der Waals surface area contributed by atoms with Crippen molar-refractivity contribution in [1.29, 1.82) is 0 Å². The zero-order valence-corrected chi connectivity index (χ0v) is 16.6. The normalized spacial score (nSPS) is 15.3. The molecular weight excluding hydrogens is 348 g/mol. The highest BCUT2D eigenvalue weighted by Gasteiger charge is 2.25. The Bertz CT molecular complexity index is 629. The summed E-state index contributed by atoms with van der Waals surface area (Å²) in [5.74, 6) is 0.616. The van der Waals surface area contributed by atoms with Crippen molar-refractivity contribution >= 4 is 29.5 Å². The largest absolute Gasteiger partial charge is 0.357 e. The maximum atomic E-state index is 11.9. The predicted octanol–water partition coefficient (Wildman–Crippen LogP) is 2.34. The van der Waals surface area contributed by atoms with Crippen LogP contribution in [0.3, 0.4) is 0 Å². The summed E-state index contributed by atoms with van der Waals surface area (Å²) >= 11 is 1.73. The van der Waals surface area contributed by atoms with Crippen LogP contribution in [0.25, 0.3) is 0 Å². The van der Waals surface area contributed by atoms with Crippen LogP contribution in [0.15, 0.2) is 34.2 Å². The summed E-state index contributed by atoms with van der Waals surface area (Å²) in [6, 6.07) is 8.48. The van der Waals surface area contributed by atoms with Crippen LogP contribution in [0, 0.1) is 0 Å². The summed E-state index contributed by atoms with van der Waals surface area (Å²) in [5.41, 5.74) is 1.21. The number of carbonyl (C=O) groups excluding carboxylic acids is 2. The molecule has 1 heterocycles. The Morgan fingerprint density at radius 1 is 1.23 bits per heavy atom. The maximum absolute atomic E-state index is 11.9. The van der Waals surface area contributed by atoms with Crippen molar-refractivity contribution in [3.05, 3.63) is 29.8 Å². The van der Waals surface area contributed by atoms with Gasteiger partial charge in [-0.05, 0) is 37.3 Å². The first-order chi connectivity index (χ1) is 12.5. The molecule has 1 aliphatic rings. The van der Waals surface area contributed by atoms with Gasteiger partial charge in [-0.2, -0.15) is 0 Å². The molecule has 2 amide bonds. The van der Waals surface area contributed by atoms with E-state index >= 15 is 0 Å². The van der Waals surface area contributed by atoms with Gasteiger partial charge in [0.1, 0.15) is 0 Å². The van der Waals surface area contributed by atoms with Gasteiger partial charge in [0.2, 0.25) is 11.8 Å². The first-order valence-electron chi connectivity index (χ1n) is 9.00. The summed E-state index contributed by atoms with van der Waals surface area (Å²) in [6.45, 7) is 4.28. The summed E-state index contributed by atoms with van der Waals surface area (Å²) < 4.78 is 0. The van der Waals surface area contributed by atoms with E-state index in [-0.39, 0.29) is 11.8 Å². The van der Waals surface area contributed by atoms with E-state index in [1.54, 1.807) is 11.8 Å². The first kappa shape index (κ1) is 20.3. The lowest BCUT2D eigenvalue weighted by Gasteiger charge is -2.25. The Balaban J connectivity index is 1.95. The Hall–Kier alpha value is -2.02. The summed E-state index contributed by atoms with van der Waals surface area (Å²) in [5, 5.41) is 3.27. The average Bonchev–Trinajstić information content (AvgIpc) is 2.64. The van der Waals surface area contributed by atoms with Crippen molar-refractivity contribution in [3.63, 3.8) is 0 Å². The van der Waals surface area contributed by atoms with Crippen molar-refractivity contribution in [3.8, 4) is 0 Å². The molecule has 0 unspecified atom stereocenters. The summed E-state index contributed by atoms with van der Waals surface area (Å²) in [7, 11) is 1.99. The number of guanidine groups is 1. The van der Waals surface area contributed by atoms with Gasteiger partial charge in [0.05, 0.1) is 6.54 Å². The SMILES string of the molecule is CCNC(=NCCN1C(=O)CCCC1=O)N(C)Cc1ccc(SC)cc1. The number of rotatable bonds is 7. The number of nitrogens with zero attached hydrogens (tertiary/aromatic N) is 3. The van der Waals surface area contributed by atoms with Gasteiger partial charge in [0.25, 0.3) is 0 Å². The van der Waals surface area contributed by atoms with E-state index in [9.17, 15) is 9.59 Å². The molecule has 7 heteroatoms. The molecule has 2 rings (SSSR count). The molecule has 26 heavy (non-hydrogen) atoms. The van der Waals surface area contributed by atoms with E-state index in [4.69, 9.17) is 0 Å². The van der Waals surface area contributed by atoms with E-state index in [1.807, 2.05) is 14.0 Å². The fraction of sp³-hybridized carbons (Fsp3) is 0.526. The third kappa shape index (κ3) is 5.76. The minimum absolute atomic E-state index is 0.0799. The van der Waals surface area contributed by atoms with Crippen LogP contribution in [0.2, 0.25) is 0 Å². The van der Waals surface area contributed by atoms with E-state index in [0.717, 1.165) is 19.0 Å². The third-order valence-corrected chi connectivity index (χ3v) is 4.99. The smallest absolute Gasteiger partial charge is 0.229 e. The molecule has 1 N–H and O–H groups in total. The molecule has 0 bridgehead atoms. The van der Waals surface area contributed by atoms with Gasteiger partial charge in [-0.1, -0.05) is 12.1 Å². The minimum Gasteiger partial charge on any atom is -0.357 e. The van der Waals surface area contributed by atoms with Crippen LogP contribution in [0.4, 0.5) is 0 Å². The maximum Gasteiger partial charge on any atom is 0.229 e. The zero-order valence-electron chi connectivity index (χ0n) is 15.8. The highest BCUT2D eigenvalue weighted by molar-refractivity contribution is 7.98. The minimum atomic E-state index is -0.0799. The number of nitrogens with one attached hydrogen (secondary N) is 1. The number of benzene rings is 1. The van der Waals surface area contributed by atoms with Gasteiger partial charge in [-0.3, -0.25) is 19.5 Å². The lowest BCUT2D eigenvalue weighted by Crippen LogP contribution is -2.42. The molecule has 1 fully saturated rings. The molecule has 1 aliphatic heterocycles. The number of carbonyl (C=O) groups is 2. The van der Waals surface area contributed by atoms with Crippen molar-refractivity contribution < 1.29 is 9.59 Å². The topological polar surface area (TPSA) is 65.0 Å². The van der Waals surface area contributed by atoms with Crippen LogP contribution >= 0.6 is 11.8 Å². The average molecular weight is 377 g/mol. The molecule has 1 aromatic rings. The quantitative estimate of drug-likeness (QED) is 0.342. The number of piperidine rings is 1. The number of aliphatic imine (C=N–C) groups is 1. The molecule has 0 aliphatic carbocycles. The Morgan fingerprint density at radius 2 is 1.88 bits per heavy atom. The molecular formula is C19H28N4O2S. The van der Waals surface area contributed by atoms with E-state index in [0.29, 0.717) is 32.4 Å². The molecule has 0 atom stereocenters. The Morgan fingerprint density at radius 3 is 2.46 bits per heavy atom. The van der Waals surface area contributed by atoms with Gasteiger partial charge >= 0.3 is 0 Å². The second-order valence-electron chi connectivity index (χ2n) is 6.23. The molecule has 0 radical (unpaired) electrons. The molecule has 1 saturated heterocycles. The van der Waals surface area contributed by atoms with Gasteiger partial charge in [0.15, 0.2) is 5.96 Å². The van der Waals surface area contributed by atoms with Crippen LogP contribution in [0.1, 0.15) is 31.7 Å². The van der Waals surface area contributed by atoms with Crippen molar-refractivity contribution in [1.82, 2.24) is 15.1 Å². The number of thioether (sulfide) groups is 1. The monoisotopic (exact) mass is 376 g/mol.